The minimum Gasteiger partial charge on any atom is -0.310 e. The summed E-state index contributed by atoms with van der Waals surface area (Å²) in [6.45, 7) is 2.32. The van der Waals surface area contributed by atoms with Gasteiger partial charge in [0, 0.05) is 16.8 Å². The Balaban J connectivity index is 1.02. The summed E-state index contributed by atoms with van der Waals surface area (Å²) in [7, 11) is 0. The van der Waals surface area contributed by atoms with Crippen LogP contribution in [0.2, 0.25) is 0 Å². The number of nitrogens with zero attached hydrogens (tertiary/aromatic N) is 1. The van der Waals surface area contributed by atoms with Gasteiger partial charge in [0.1, 0.15) is 0 Å². The second kappa shape index (κ2) is 13.7. The van der Waals surface area contributed by atoms with Crippen LogP contribution in [0.4, 0.5) is 11.4 Å². The Morgan fingerprint density at radius 1 is 0.667 bits per heavy atom. The molecule has 0 aromatic heterocycles. The van der Waals surface area contributed by atoms with Crippen molar-refractivity contribution in [1.82, 2.24) is 0 Å². The lowest BCUT2D eigenvalue weighted by atomic mass is 9.71. The highest BCUT2D eigenvalue weighted by molar-refractivity contribution is 5.97. The number of benzene rings is 5. The molecule has 3 aliphatic carbocycles. The number of allylic oxidation sites excluding steroid dienone is 6. The Hall–Kier alpha value is -4.88. The molecule has 0 bridgehead atoms. The predicted molar refractivity (Wildman–Crippen MR) is 204 cm³/mol. The molecule has 3 aliphatic rings. The fourth-order valence-electron chi connectivity index (χ4n) is 8.44. The van der Waals surface area contributed by atoms with Gasteiger partial charge < -0.3 is 4.90 Å². The molecular formula is C47H45N. The molecule has 0 heterocycles. The Morgan fingerprint density at radius 2 is 1.44 bits per heavy atom. The Morgan fingerprint density at radius 3 is 2.23 bits per heavy atom. The molecule has 5 unspecified atom stereocenters. The van der Waals surface area contributed by atoms with Crippen molar-refractivity contribution in [2.75, 3.05) is 4.90 Å². The molecule has 0 radical (unpaired) electrons. The smallest absolute Gasteiger partial charge is 0.0539 e. The predicted octanol–water partition coefficient (Wildman–Crippen LogP) is 12.3. The third kappa shape index (κ3) is 6.22. The number of hydrogen-bond donors (Lipinski definition) is 0. The van der Waals surface area contributed by atoms with Crippen molar-refractivity contribution >= 4 is 28.2 Å². The number of anilines is 2. The summed E-state index contributed by atoms with van der Waals surface area (Å²) >= 11 is 0. The summed E-state index contributed by atoms with van der Waals surface area (Å²) in [5.74, 6) is 2.75. The van der Waals surface area contributed by atoms with E-state index in [1.165, 1.54) is 62.9 Å². The molecule has 0 aliphatic heterocycles. The lowest BCUT2D eigenvalue weighted by molar-refractivity contribution is 0.351. The van der Waals surface area contributed by atoms with Crippen LogP contribution in [0.25, 0.3) is 16.8 Å². The molecule has 5 aromatic rings. The summed E-state index contributed by atoms with van der Waals surface area (Å²) < 4.78 is 0. The molecule has 8 rings (SSSR count). The highest BCUT2D eigenvalue weighted by Gasteiger charge is 2.30. The first-order chi connectivity index (χ1) is 23.7. The summed E-state index contributed by atoms with van der Waals surface area (Å²) in [6.07, 6.45) is 23.0. The second-order valence-corrected chi connectivity index (χ2v) is 14.1. The van der Waals surface area contributed by atoms with E-state index in [4.69, 9.17) is 0 Å². The fraction of sp³-hybridized carbons (Fsp3) is 0.234. The molecule has 238 valence electrons. The topological polar surface area (TPSA) is 3.24 Å². The molecule has 0 saturated carbocycles. The highest BCUT2D eigenvalue weighted by atomic mass is 15.1. The molecule has 0 fully saturated rings. The van der Waals surface area contributed by atoms with Gasteiger partial charge in [0.25, 0.3) is 0 Å². The zero-order chi connectivity index (χ0) is 32.3. The van der Waals surface area contributed by atoms with Crippen molar-refractivity contribution in [2.24, 2.45) is 23.7 Å². The molecule has 5 atom stereocenters. The monoisotopic (exact) mass is 623 g/mol. The summed E-state index contributed by atoms with van der Waals surface area (Å²) in [5, 5.41) is 2.54. The van der Waals surface area contributed by atoms with E-state index in [0.717, 1.165) is 19.3 Å². The van der Waals surface area contributed by atoms with Crippen LogP contribution < -0.4 is 4.90 Å². The number of para-hydroxylation sites is 1. The Labute approximate surface area is 286 Å². The van der Waals surface area contributed by atoms with Crippen molar-refractivity contribution < 1.29 is 0 Å². The van der Waals surface area contributed by atoms with E-state index in [2.05, 4.69) is 176 Å². The SMILES string of the molecule is CC1C=Cc2c(cccc2CC(c2ccccc2)C2C=CC(C3C=CC(N(c4ccccc4)c4cccc5ccccc45)=CC3)CC2)C1. The molecular weight excluding hydrogens is 579 g/mol. The molecule has 0 saturated heterocycles. The van der Waals surface area contributed by atoms with Crippen LogP contribution in [0.5, 0.6) is 0 Å². The quantitative estimate of drug-likeness (QED) is 0.155. The molecule has 0 N–H and O–H groups in total. The van der Waals surface area contributed by atoms with Gasteiger partial charge in [-0.3, -0.25) is 0 Å². The Bertz CT molecular complexity index is 1990. The maximum Gasteiger partial charge on any atom is 0.0539 e. The summed E-state index contributed by atoms with van der Waals surface area (Å²) in [6, 6.07) is 44.4. The van der Waals surface area contributed by atoms with Crippen LogP contribution >= 0.6 is 0 Å². The summed E-state index contributed by atoms with van der Waals surface area (Å²) in [5.41, 5.74) is 9.63. The first kappa shape index (κ1) is 30.5. The molecule has 48 heavy (non-hydrogen) atoms. The van der Waals surface area contributed by atoms with E-state index in [1.54, 1.807) is 0 Å². The fourth-order valence-corrected chi connectivity index (χ4v) is 8.44. The number of hydrogen-bond acceptors (Lipinski definition) is 1. The largest absolute Gasteiger partial charge is 0.310 e. The highest BCUT2D eigenvalue weighted by Crippen LogP contribution is 2.42. The first-order valence-corrected chi connectivity index (χ1v) is 17.9. The molecule has 0 spiro atoms. The second-order valence-electron chi connectivity index (χ2n) is 14.1. The first-order valence-electron chi connectivity index (χ1n) is 17.9. The van der Waals surface area contributed by atoms with Gasteiger partial charge in [-0.15, -0.1) is 0 Å². The van der Waals surface area contributed by atoms with Crippen molar-refractivity contribution in [3.05, 3.63) is 186 Å². The van der Waals surface area contributed by atoms with E-state index in [-0.39, 0.29) is 0 Å². The van der Waals surface area contributed by atoms with Crippen molar-refractivity contribution in [3.8, 4) is 0 Å². The normalized spacial score (nSPS) is 22.2. The van der Waals surface area contributed by atoms with Gasteiger partial charge in [-0.2, -0.15) is 0 Å². The van der Waals surface area contributed by atoms with Crippen LogP contribution in [0, 0.1) is 23.7 Å². The van der Waals surface area contributed by atoms with Gasteiger partial charge in [0.2, 0.25) is 0 Å². The van der Waals surface area contributed by atoms with Crippen molar-refractivity contribution in [2.45, 2.75) is 44.9 Å². The van der Waals surface area contributed by atoms with Crippen LogP contribution in [-0.4, -0.2) is 0 Å². The maximum absolute atomic E-state index is 2.58. The third-order valence-corrected chi connectivity index (χ3v) is 11.0. The van der Waals surface area contributed by atoms with Crippen LogP contribution in [0.3, 0.4) is 0 Å². The number of rotatable bonds is 8. The van der Waals surface area contributed by atoms with Gasteiger partial charge in [0.05, 0.1) is 5.69 Å². The van der Waals surface area contributed by atoms with Gasteiger partial charge in [-0.05, 0) is 114 Å². The minimum atomic E-state index is 0.483. The van der Waals surface area contributed by atoms with E-state index in [1.807, 2.05) is 0 Å². The summed E-state index contributed by atoms with van der Waals surface area (Å²) in [4.78, 5) is 2.43. The number of fused-ring (bicyclic) bond motifs is 2. The Kier molecular flexibility index (Phi) is 8.69. The van der Waals surface area contributed by atoms with Gasteiger partial charge in [-0.25, -0.2) is 0 Å². The molecule has 0 amide bonds. The third-order valence-electron chi connectivity index (χ3n) is 11.0. The zero-order valence-electron chi connectivity index (χ0n) is 28.0. The molecule has 1 heteroatoms. The van der Waals surface area contributed by atoms with Crippen LogP contribution in [0.1, 0.15) is 54.4 Å². The van der Waals surface area contributed by atoms with Gasteiger partial charge >= 0.3 is 0 Å². The van der Waals surface area contributed by atoms with E-state index in [9.17, 15) is 0 Å². The van der Waals surface area contributed by atoms with Crippen molar-refractivity contribution in [3.63, 3.8) is 0 Å². The standard InChI is InChI=1S/C47H45N/c1-34-22-31-44-40(32-34)16-10-17-41(44)33-46(38-12-4-2-5-13-38)39-25-23-35(24-26-39)36-27-29-43(30-28-36)48(42-18-6-3-7-19-42)47-21-11-15-37-14-8-9-20-45(37)47/h2-23,25,27,29-31,34-36,39,46H,24,26,28,32-33H2,1H3. The lowest BCUT2D eigenvalue weighted by Crippen LogP contribution is -2.23. The molecule has 5 aromatic carbocycles. The van der Waals surface area contributed by atoms with Crippen molar-refractivity contribution in [1.29, 1.82) is 0 Å². The van der Waals surface area contributed by atoms with Gasteiger partial charge in [0.15, 0.2) is 0 Å². The lowest BCUT2D eigenvalue weighted by Gasteiger charge is -2.35. The van der Waals surface area contributed by atoms with E-state index < -0.39 is 0 Å². The average Bonchev–Trinajstić information content (AvgIpc) is 3.15. The average molecular weight is 624 g/mol. The van der Waals surface area contributed by atoms with Crippen LogP contribution in [-0.2, 0) is 12.8 Å². The van der Waals surface area contributed by atoms with Gasteiger partial charge in [-0.1, -0.05) is 147 Å². The van der Waals surface area contributed by atoms with Crippen LogP contribution in [0.15, 0.2) is 163 Å². The maximum atomic E-state index is 2.58. The minimum absolute atomic E-state index is 0.483. The zero-order valence-corrected chi connectivity index (χ0v) is 28.0. The molecule has 1 nitrogen and oxygen atoms in total. The van der Waals surface area contributed by atoms with E-state index >= 15 is 0 Å². The van der Waals surface area contributed by atoms with E-state index in [0.29, 0.717) is 29.6 Å².